The van der Waals surface area contributed by atoms with Crippen LogP contribution in [0.3, 0.4) is 0 Å². The lowest BCUT2D eigenvalue weighted by Gasteiger charge is -2.41. The average molecular weight is 414 g/mol. The number of hydrogen-bond donors (Lipinski definition) is 1. The van der Waals surface area contributed by atoms with Gasteiger partial charge >= 0.3 is 0 Å². The molecule has 1 aliphatic rings. The molecule has 1 aliphatic heterocycles. The van der Waals surface area contributed by atoms with E-state index in [1.807, 2.05) is 0 Å². The fraction of sp³-hybridized carbons (Fsp3) is 0.667. The molecule has 2 nitrogen and oxygen atoms in total. The molecule has 1 saturated heterocycles. The highest BCUT2D eigenvalue weighted by molar-refractivity contribution is 9.13. The lowest BCUT2D eigenvalue weighted by atomic mass is 10.1. The van der Waals surface area contributed by atoms with Crippen LogP contribution in [0.25, 0.3) is 0 Å². The largest absolute Gasteiger partial charge is 0.329 e. The van der Waals surface area contributed by atoms with Crippen molar-refractivity contribution in [3.8, 4) is 0 Å². The number of thioether (sulfide) groups is 1. The predicted molar refractivity (Wildman–Crippen MR) is 89.6 cm³/mol. The fourth-order valence-corrected chi connectivity index (χ4v) is 5.69. The van der Waals surface area contributed by atoms with Gasteiger partial charge in [-0.3, -0.25) is 4.90 Å². The van der Waals surface area contributed by atoms with Gasteiger partial charge in [-0.1, -0.05) is 6.92 Å². The van der Waals surface area contributed by atoms with E-state index in [-0.39, 0.29) is 0 Å². The number of thiophene rings is 1. The summed E-state index contributed by atoms with van der Waals surface area (Å²) in [6.07, 6.45) is 0. The molecule has 2 heterocycles. The van der Waals surface area contributed by atoms with Crippen LogP contribution in [0.1, 0.15) is 24.8 Å². The first-order valence-electron chi connectivity index (χ1n) is 6.06. The molecule has 1 aromatic heterocycles. The Balaban J connectivity index is 2.22. The monoisotopic (exact) mass is 412 g/mol. The van der Waals surface area contributed by atoms with Crippen LogP contribution < -0.4 is 5.73 Å². The molecule has 0 aromatic carbocycles. The Hall–Kier alpha value is 0.930. The van der Waals surface area contributed by atoms with Crippen molar-refractivity contribution in [1.29, 1.82) is 0 Å². The Bertz CT molecular complexity index is 391. The number of halogens is 2. The standard InChI is InChI=1S/C12H18Br2N2S2/c1-7-8(2)17-4-3-16(7)10(6-15)11-5-9(13)12(14)18-11/h5,7-8,10H,3-4,6,15H2,1-2H3. The number of nitrogens with zero attached hydrogens (tertiary/aromatic N) is 1. The highest BCUT2D eigenvalue weighted by Crippen LogP contribution is 2.39. The van der Waals surface area contributed by atoms with E-state index in [1.165, 1.54) is 10.6 Å². The lowest BCUT2D eigenvalue weighted by molar-refractivity contribution is 0.153. The molecule has 102 valence electrons. The second kappa shape index (κ2) is 6.59. The molecule has 0 bridgehead atoms. The van der Waals surface area contributed by atoms with Crippen LogP contribution in [0.15, 0.2) is 14.3 Å². The lowest BCUT2D eigenvalue weighted by Crippen LogP contribution is -2.48. The first-order chi connectivity index (χ1) is 8.54. The van der Waals surface area contributed by atoms with Gasteiger partial charge in [-0.2, -0.15) is 11.8 Å². The van der Waals surface area contributed by atoms with Crippen molar-refractivity contribution >= 4 is 55.0 Å². The van der Waals surface area contributed by atoms with E-state index in [4.69, 9.17) is 5.73 Å². The van der Waals surface area contributed by atoms with Crippen molar-refractivity contribution in [3.05, 3.63) is 19.2 Å². The van der Waals surface area contributed by atoms with Gasteiger partial charge in [0.05, 0.1) is 9.83 Å². The van der Waals surface area contributed by atoms with E-state index < -0.39 is 0 Å². The minimum Gasteiger partial charge on any atom is -0.329 e. The van der Waals surface area contributed by atoms with Crippen molar-refractivity contribution in [2.24, 2.45) is 5.73 Å². The topological polar surface area (TPSA) is 29.3 Å². The number of nitrogens with two attached hydrogens (primary N) is 1. The summed E-state index contributed by atoms with van der Waals surface area (Å²) < 4.78 is 2.29. The molecule has 2 rings (SSSR count). The number of hydrogen-bond acceptors (Lipinski definition) is 4. The minimum absolute atomic E-state index is 0.343. The summed E-state index contributed by atoms with van der Waals surface area (Å²) in [6, 6.07) is 3.12. The Morgan fingerprint density at radius 2 is 2.22 bits per heavy atom. The summed E-state index contributed by atoms with van der Waals surface area (Å²) in [4.78, 5) is 3.91. The maximum absolute atomic E-state index is 6.03. The molecule has 0 saturated carbocycles. The average Bonchev–Trinajstić information content (AvgIpc) is 2.66. The van der Waals surface area contributed by atoms with Crippen molar-refractivity contribution in [1.82, 2.24) is 4.90 Å². The summed E-state index contributed by atoms with van der Waals surface area (Å²) in [5.74, 6) is 1.20. The summed E-state index contributed by atoms with van der Waals surface area (Å²) in [5.41, 5.74) is 6.03. The fourth-order valence-electron chi connectivity index (χ4n) is 2.34. The molecule has 0 spiro atoms. The molecule has 3 atom stereocenters. The molecule has 6 heteroatoms. The van der Waals surface area contributed by atoms with Gasteiger partial charge in [0.1, 0.15) is 0 Å². The summed E-state index contributed by atoms with van der Waals surface area (Å²) >= 11 is 11.0. The molecule has 0 amide bonds. The van der Waals surface area contributed by atoms with Crippen LogP contribution in [0.2, 0.25) is 0 Å². The third-order valence-corrected chi connectivity index (χ3v) is 8.24. The van der Waals surface area contributed by atoms with E-state index in [0.717, 1.165) is 14.8 Å². The summed E-state index contributed by atoms with van der Waals surface area (Å²) in [5, 5.41) is 0.680. The SMILES string of the molecule is CC1SCCN(C(CN)c2cc(Br)c(Br)s2)C1C. The van der Waals surface area contributed by atoms with E-state index in [2.05, 4.69) is 68.4 Å². The Morgan fingerprint density at radius 3 is 2.78 bits per heavy atom. The van der Waals surface area contributed by atoms with Crippen molar-refractivity contribution in [3.63, 3.8) is 0 Å². The van der Waals surface area contributed by atoms with Gasteiger partial charge in [-0.05, 0) is 44.8 Å². The maximum atomic E-state index is 6.03. The molecule has 3 unspecified atom stereocenters. The zero-order valence-electron chi connectivity index (χ0n) is 10.5. The maximum Gasteiger partial charge on any atom is 0.0843 e. The zero-order valence-corrected chi connectivity index (χ0v) is 15.3. The molecule has 0 radical (unpaired) electrons. The van der Waals surface area contributed by atoms with Gasteiger partial charge in [0, 0.05) is 39.5 Å². The molecule has 0 aliphatic carbocycles. The first kappa shape index (κ1) is 15.3. The highest BCUT2D eigenvalue weighted by atomic mass is 79.9. The molecule has 1 aromatic rings. The van der Waals surface area contributed by atoms with Gasteiger partial charge in [0.15, 0.2) is 0 Å². The van der Waals surface area contributed by atoms with Crippen molar-refractivity contribution in [2.75, 3.05) is 18.8 Å². The number of rotatable bonds is 3. The van der Waals surface area contributed by atoms with Crippen LogP contribution in [0, 0.1) is 0 Å². The van der Waals surface area contributed by atoms with E-state index >= 15 is 0 Å². The van der Waals surface area contributed by atoms with Crippen molar-refractivity contribution < 1.29 is 0 Å². The summed E-state index contributed by atoms with van der Waals surface area (Å²) in [6.45, 7) is 6.44. The molecule has 2 N–H and O–H groups in total. The van der Waals surface area contributed by atoms with Gasteiger partial charge in [-0.15, -0.1) is 11.3 Å². The second-order valence-electron chi connectivity index (χ2n) is 4.58. The molecular weight excluding hydrogens is 396 g/mol. The van der Waals surface area contributed by atoms with Gasteiger partial charge in [0.25, 0.3) is 0 Å². The zero-order chi connectivity index (χ0) is 13.3. The molecule has 1 fully saturated rings. The van der Waals surface area contributed by atoms with Crippen LogP contribution in [0.4, 0.5) is 0 Å². The second-order valence-corrected chi connectivity index (χ2v) is 9.32. The highest BCUT2D eigenvalue weighted by Gasteiger charge is 2.31. The van der Waals surface area contributed by atoms with Crippen LogP contribution in [-0.4, -0.2) is 35.0 Å². The van der Waals surface area contributed by atoms with Gasteiger partial charge < -0.3 is 5.73 Å². The Kier molecular flexibility index (Phi) is 5.61. The third kappa shape index (κ3) is 3.15. The van der Waals surface area contributed by atoms with Gasteiger partial charge in [0.2, 0.25) is 0 Å². The van der Waals surface area contributed by atoms with E-state index in [9.17, 15) is 0 Å². The normalized spacial score (nSPS) is 27.4. The van der Waals surface area contributed by atoms with Crippen LogP contribution in [-0.2, 0) is 0 Å². The van der Waals surface area contributed by atoms with E-state index in [0.29, 0.717) is 23.9 Å². The quantitative estimate of drug-likeness (QED) is 0.808. The smallest absolute Gasteiger partial charge is 0.0843 e. The predicted octanol–water partition coefficient (Wildman–Crippen LogP) is 4.10. The van der Waals surface area contributed by atoms with Crippen LogP contribution >= 0.6 is 55.0 Å². The third-order valence-electron chi connectivity index (χ3n) is 3.55. The first-order valence-corrected chi connectivity index (χ1v) is 9.52. The van der Waals surface area contributed by atoms with E-state index in [1.54, 1.807) is 11.3 Å². The van der Waals surface area contributed by atoms with Crippen molar-refractivity contribution in [2.45, 2.75) is 31.2 Å². The molecule has 18 heavy (non-hydrogen) atoms. The Morgan fingerprint density at radius 1 is 1.50 bits per heavy atom. The van der Waals surface area contributed by atoms with Crippen LogP contribution in [0.5, 0.6) is 0 Å². The summed E-state index contributed by atoms with van der Waals surface area (Å²) in [7, 11) is 0. The molecular formula is C12H18Br2N2S2. The Labute approximate surface area is 134 Å². The minimum atomic E-state index is 0.343. The van der Waals surface area contributed by atoms with Gasteiger partial charge in [-0.25, -0.2) is 0 Å².